The third kappa shape index (κ3) is 1.87. The lowest BCUT2D eigenvalue weighted by Crippen LogP contribution is -2.27. The summed E-state index contributed by atoms with van der Waals surface area (Å²) in [7, 11) is -1.12. The third-order valence-corrected chi connectivity index (χ3v) is 3.50. The molecule has 0 saturated carbocycles. The molecule has 0 aromatic heterocycles. The van der Waals surface area contributed by atoms with Gasteiger partial charge in [0.25, 0.3) is 0 Å². The van der Waals surface area contributed by atoms with Crippen LogP contribution < -0.4 is 0 Å². The minimum absolute atomic E-state index is 0.941. The normalized spacial score (nSPS) is 19.7. The monoisotopic (exact) mass is 156 g/mol. The summed E-state index contributed by atoms with van der Waals surface area (Å²) in [6.45, 7) is 7.91. The molecule has 0 amide bonds. The Bertz CT molecular complexity index is 144. The SMILES string of the molecule is C[Si](C)(C)C1=CCCCO1. The molecule has 0 fully saturated rings. The zero-order valence-corrected chi connectivity index (χ0v) is 8.11. The molecular formula is C8H16OSi. The van der Waals surface area contributed by atoms with Crippen molar-refractivity contribution >= 4 is 8.07 Å². The van der Waals surface area contributed by atoms with E-state index in [1.165, 1.54) is 18.2 Å². The maximum atomic E-state index is 5.57. The molecule has 0 aromatic rings. The van der Waals surface area contributed by atoms with E-state index in [0.717, 1.165) is 6.61 Å². The molecule has 0 aromatic carbocycles. The van der Waals surface area contributed by atoms with Crippen molar-refractivity contribution in [1.29, 1.82) is 0 Å². The van der Waals surface area contributed by atoms with Gasteiger partial charge >= 0.3 is 0 Å². The first kappa shape index (κ1) is 7.86. The molecule has 0 unspecified atom stereocenters. The van der Waals surface area contributed by atoms with Crippen LogP contribution in [0.5, 0.6) is 0 Å². The van der Waals surface area contributed by atoms with Crippen molar-refractivity contribution in [2.75, 3.05) is 6.61 Å². The van der Waals surface area contributed by atoms with Gasteiger partial charge in [0.15, 0.2) is 0 Å². The predicted molar refractivity (Wildman–Crippen MR) is 46.6 cm³/mol. The third-order valence-electron chi connectivity index (χ3n) is 1.67. The topological polar surface area (TPSA) is 9.23 Å². The van der Waals surface area contributed by atoms with E-state index in [4.69, 9.17) is 4.74 Å². The molecule has 2 heteroatoms. The summed E-state index contributed by atoms with van der Waals surface area (Å²) in [4.78, 5) is 0. The average Bonchev–Trinajstić information content (AvgIpc) is 1.88. The molecule has 0 N–H and O–H groups in total. The molecule has 1 nitrogen and oxygen atoms in total. The van der Waals surface area contributed by atoms with E-state index in [9.17, 15) is 0 Å². The summed E-state index contributed by atoms with van der Waals surface area (Å²) in [5.74, 6) is 0. The summed E-state index contributed by atoms with van der Waals surface area (Å²) in [5, 5.41) is 1.30. The minimum Gasteiger partial charge on any atom is -0.503 e. The Hall–Kier alpha value is -0.243. The van der Waals surface area contributed by atoms with Crippen LogP contribution in [0.2, 0.25) is 19.6 Å². The Morgan fingerprint density at radius 3 is 2.40 bits per heavy atom. The van der Waals surface area contributed by atoms with E-state index < -0.39 is 8.07 Å². The van der Waals surface area contributed by atoms with E-state index >= 15 is 0 Å². The van der Waals surface area contributed by atoms with Crippen LogP contribution in [0, 0.1) is 0 Å². The highest BCUT2D eigenvalue weighted by Crippen LogP contribution is 2.20. The van der Waals surface area contributed by atoms with E-state index in [2.05, 4.69) is 25.7 Å². The van der Waals surface area contributed by atoms with Crippen molar-refractivity contribution in [3.63, 3.8) is 0 Å². The molecular weight excluding hydrogens is 140 g/mol. The molecule has 0 radical (unpaired) electrons. The Kier molecular flexibility index (Phi) is 2.19. The fraction of sp³-hybridized carbons (Fsp3) is 0.750. The van der Waals surface area contributed by atoms with Gasteiger partial charge in [-0.25, -0.2) is 0 Å². The average molecular weight is 156 g/mol. The van der Waals surface area contributed by atoms with Gasteiger partial charge in [-0.3, -0.25) is 0 Å². The first-order valence-electron chi connectivity index (χ1n) is 3.94. The molecule has 58 valence electrons. The Morgan fingerprint density at radius 2 is 2.10 bits per heavy atom. The Labute approximate surface area is 64.1 Å². The maximum absolute atomic E-state index is 5.57. The van der Waals surface area contributed by atoms with Crippen LogP contribution in [-0.2, 0) is 4.74 Å². The summed E-state index contributed by atoms with van der Waals surface area (Å²) in [6.07, 6.45) is 4.70. The summed E-state index contributed by atoms with van der Waals surface area (Å²) < 4.78 is 5.57. The van der Waals surface area contributed by atoms with Crippen molar-refractivity contribution in [3.05, 3.63) is 11.5 Å². The smallest absolute Gasteiger partial charge is 0.122 e. The van der Waals surface area contributed by atoms with E-state index in [-0.39, 0.29) is 0 Å². The molecule has 10 heavy (non-hydrogen) atoms. The Morgan fingerprint density at radius 1 is 1.40 bits per heavy atom. The zero-order valence-electron chi connectivity index (χ0n) is 7.11. The minimum atomic E-state index is -1.12. The number of rotatable bonds is 1. The van der Waals surface area contributed by atoms with Crippen LogP contribution in [-0.4, -0.2) is 14.7 Å². The summed E-state index contributed by atoms with van der Waals surface area (Å²) >= 11 is 0. The highest BCUT2D eigenvalue weighted by Gasteiger charge is 2.22. The second-order valence-corrected chi connectivity index (χ2v) is 8.80. The zero-order chi connectivity index (χ0) is 7.61. The fourth-order valence-electron chi connectivity index (χ4n) is 1.08. The van der Waals surface area contributed by atoms with Gasteiger partial charge < -0.3 is 4.74 Å². The van der Waals surface area contributed by atoms with Crippen molar-refractivity contribution in [2.45, 2.75) is 32.5 Å². The lowest BCUT2D eigenvalue weighted by atomic mass is 10.3. The number of ether oxygens (including phenoxy) is 1. The van der Waals surface area contributed by atoms with Crippen molar-refractivity contribution in [3.8, 4) is 0 Å². The molecule has 0 atom stereocenters. The highest BCUT2D eigenvalue weighted by atomic mass is 28.3. The van der Waals surface area contributed by atoms with Crippen LogP contribution >= 0.6 is 0 Å². The standard InChI is InChI=1S/C8H16OSi/c1-10(2,3)8-6-4-5-7-9-8/h6H,4-5,7H2,1-3H3. The summed E-state index contributed by atoms with van der Waals surface area (Å²) in [6, 6.07) is 0. The van der Waals surface area contributed by atoms with Crippen LogP contribution in [0.15, 0.2) is 11.5 Å². The molecule has 0 aliphatic carbocycles. The van der Waals surface area contributed by atoms with Gasteiger partial charge in [-0.15, -0.1) is 0 Å². The number of hydrogen-bond donors (Lipinski definition) is 0. The van der Waals surface area contributed by atoms with Crippen LogP contribution in [0.1, 0.15) is 12.8 Å². The van der Waals surface area contributed by atoms with Gasteiger partial charge in [0, 0.05) is 0 Å². The molecule has 1 heterocycles. The molecule has 1 aliphatic heterocycles. The highest BCUT2D eigenvalue weighted by molar-refractivity contribution is 6.82. The maximum Gasteiger partial charge on any atom is 0.122 e. The lowest BCUT2D eigenvalue weighted by Gasteiger charge is -2.24. The molecule has 0 bridgehead atoms. The fourth-order valence-corrected chi connectivity index (χ4v) is 2.37. The van der Waals surface area contributed by atoms with Gasteiger partial charge in [0.2, 0.25) is 0 Å². The van der Waals surface area contributed by atoms with Gasteiger partial charge in [-0.05, 0) is 12.8 Å². The molecule has 0 spiro atoms. The van der Waals surface area contributed by atoms with Crippen LogP contribution in [0.25, 0.3) is 0 Å². The largest absolute Gasteiger partial charge is 0.503 e. The van der Waals surface area contributed by atoms with Crippen LogP contribution in [0.4, 0.5) is 0 Å². The first-order chi connectivity index (χ1) is 4.61. The number of allylic oxidation sites excluding steroid dienone is 1. The van der Waals surface area contributed by atoms with E-state index in [0.29, 0.717) is 0 Å². The van der Waals surface area contributed by atoms with Crippen LogP contribution in [0.3, 0.4) is 0 Å². The first-order valence-corrected chi connectivity index (χ1v) is 7.44. The molecule has 1 rings (SSSR count). The lowest BCUT2D eigenvalue weighted by molar-refractivity contribution is 0.213. The number of hydrogen-bond acceptors (Lipinski definition) is 1. The van der Waals surface area contributed by atoms with Gasteiger partial charge in [0.05, 0.1) is 12.0 Å². The Balaban J connectivity index is 2.62. The predicted octanol–water partition coefficient (Wildman–Crippen LogP) is 2.56. The quantitative estimate of drug-likeness (QED) is 0.530. The van der Waals surface area contributed by atoms with Crippen molar-refractivity contribution < 1.29 is 4.74 Å². The van der Waals surface area contributed by atoms with Crippen molar-refractivity contribution in [1.82, 2.24) is 0 Å². The second kappa shape index (κ2) is 2.78. The van der Waals surface area contributed by atoms with Gasteiger partial charge in [0.1, 0.15) is 8.07 Å². The van der Waals surface area contributed by atoms with Crippen molar-refractivity contribution in [2.24, 2.45) is 0 Å². The summed E-state index contributed by atoms with van der Waals surface area (Å²) in [5.41, 5.74) is 0. The van der Waals surface area contributed by atoms with Gasteiger partial charge in [-0.2, -0.15) is 0 Å². The van der Waals surface area contributed by atoms with Gasteiger partial charge in [-0.1, -0.05) is 25.7 Å². The molecule has 1 aliphatic rings. The van der Waals surface area contributed by atoms with E-state index in [1.54, 1.807) is 0 Å². The van der Waals surface area contributed by atoms with E-state index in [1.807, 2.05) is 0 Å². The molecule has 0 saturated heterocycles. The second-order valence-electron chi connectivity index (χ2n) is 3.81.